The minimum Gasteiger partial charge on any atom is -0.290 e. The monoisotopic (exact) mass is 240 g/mol. The van der Waals surface area contributed by atoms with E-state index in [1.54, 1.807) is 0 Å². The smallest absolute Gasteiger partial charge is 0.157 e. The number of amidine groups is 1. The van der Waals surface area contributed by atoms with Gasteiger partial charge in [-0.05, 0) is 37.1 Å². The van der Waals surface area contributed by atoms with Crippen LogP contribution < -0.4 is 5.48 Å². The van der Waals surface area contributed by atoms with Crippen LogP contribution in [0.3, 0.4) is 0 Å². The van der Waals surface area contributed by atoms with Crippen LogP contribution >= 0.6 is 0 Å². The Morgan fingerprint density at radius 2 is 1.61 bits per heavy atom. The highest BCUT2D eigenvalue weighted by Gasteiger charge is 2.02. The highest BCUT2D eigenvalue weighted by Crippen LogP contribution is 2.18. The molecule has 0 amide bonds. The molecule has 0 aliphatic heterocycles. The van der Waals surface area contributed by atoms with Gasteiger partial charge in [0.25, 0.3) is 0 Å². The molecule has 0 aromatic heterocycles. The Morgan fingerprint density at radius 3 is 2.17 bits per heavy atom. The van der Waals surface area contributed by atoms with Crippen molar-refractivity contribution < 1.29 is 5.21 Å². The molecule has 0 atom stereocenters. The molecule has 0 bridgehead atoms. The molecule has 18 heavy (non-hydrogen) atoms. The van der Waals surface area contributed by atoms with Gasteiger partial charge in [-0.2, -0.15) is 0 Å². The summed E-state index contributed by atoms with van der Waals surface area (Å²) in [6.45, 7) is 4.06. The Hall–Kier alpha value is -2.13. The molecular formula is C15H16N2O. The third-order valence-corrected chi connectivity index (χ3v) is 2.60. The average molecular weight is 240 g/mol. The lowest BCUT2D eigenvalue weighted by atomic mass is 10.1. The van der Waals surface area contributed by atoms with E-state index in [0.29, 0.717) is 5.84 Å². The van der Waals surface area contributed by atoms with Crippen molar-refractivity contribution in [3.8, 4) is 0 Å². The zero-order valence-corrected chi connectivity index (χ0v) is 10.5. The number of rotatable bonds is 2. The molecule has 0 fully saturated rings. The zero-order valence-electron chi connectivity index (χ0n) is 10.5. The van der Waals surface area contributed by atoms with E-state index in [1.807, 2.05) is 56.3 Å². The van der Waals surface area contributed by atoms with E-state index in [0.717, 1.165) is 22.4 Å². The molecule has 0 spiro atoms. The molecule has 0 aliphatic carbocycles. The summed E-state index contributed by atoms with van der Waals surface area (Å²) in [6, 6.07) is 15.6. The number of aliphatic imine (C=N–C) groups is 1. The van der Waals surface area contributed by atoms with E-state index >= 15 is 0 Å². The largest absolute Gasteiger partial charge is 0.290 e. The fourth-order valence-electron chi connectivity index (χ4n) is 1.89. The molecule has 0 saturated heterocycles. The highest BCUT2D eigenvalue weighted by molar-refractivity contribution is 5.99. The fraction of sp³-hybridized carbons (Fsp3) is 0.133. The van der Waals surface area contributed by atoms with E-state index in [2.05, 4.69) is 16.5 Å². The van der Waals surface area contributed by atoms with Crippen LogP contribution in [-0.4, -0.2) is 11.0 Å². The number of aryl methyl sites for hydroxylation is 2. The first-order valence-electron chi connectivity index (χ1n) is 5.81. The Balaban J connectivity index is 2.41. The second-order valence-corrected chi connectivity index (χ2v) is 4.28. The zero-order chi connectivity index (χ0) is 13.0. The van der Waals surface area contributed by atoms with Crippen molar-refractivity contribution in [1.82, 2.24) is 5.48 Å². The van der Waals surface area contributed by atoms with Gasteiger partial charge in [0.1, 0.15) is 0 Å². The topological polar surface area (TPSA) is 44.6 Å². The van der Waals surface area contributed by atoms with E-state index in [9.17, 15) is 5.21 Å². The number of nitrogens with zero attached hydrogens (tertiary/aromatic N) is 1. The van der Waals surface area contributed by atoms with E-state index in [4.69, 9.17) is 0 Å². The summed E-state index contributed by atoms with van der Waals surface area (Å²) >= 11 is 0. The molecule has 2 aromatic rings. The van der Waals surface area contributed by atoms with Crippen molar-refractivity contribution >= 4 is 11.5 Å². The van der Waals surface area contributed by atoms with Gasteiger partial charge in [-0.15, -0.1) is 0 Å². The molecule has 0 heterocycles. The maximum Gasteiger partial charge on any atom is 0.157 e. The Bertz CT molecular complexity index is 542. The molecule has 2 rings (SSSR count). The molecule has 3 nitrogen and oxygen atoms in total. The van der Waals surface area contributed by atoms with Crippen molar-refractivity contribution in [2.75, 3.05) is 0 Å². The molecule has 0 saturated carbocycles. The molecule has 3 heteroatoms. The lowest BCUT2D eigenvalue weighted by Gasteiger charge is -2.06. The SMILES string of the molecule is Cc1cc(C)cc(N=C(NO)c2ccccc2)c1. The van der Waals surface area contributed by atoms with Crippen molar-refractivity contribution in [2.24, 2.45) is 4.99 Å². The normalized spacial score (nSPS) is 11.4. The van der Waals surface area contributed by atoms with Gasteiger partial charge in [0.15, 0.2) is 5.84 Å². The molecule has 0 aliphatic rings. The summed E-state index contributed by atoms with van der Waals surface area (Å²) in [7, 11) is 0. The Kier molecular flexibility index (Phi) is 3.75. The third-order valence-electron chi connectivity index (χ3n) is 2.60. The van der Waals surface area contributed by atoms with Crippen LogP contribution in [0, 0.1) is 13.8 Å². The second-order valence-electron chi connectivity index (χ2n) is 4.28. The molecule has 2 N–H and O–H groups in total. The highest BCUT2D eigenvalue weighted by atomic mass is 16.5. The van der Waals surface area contributed by atoms with Gasteiger partial charge in [0, 0.05) is 5.56 Å². The number of hydrogen-bond donors (Lipinski definition) is 2. The van der Waals surface area contributed by atoms with Crippen LogP contribution in [0.2, 0.25) is 0 Å². The molecule has 0 unspecified atom stereocenters. The number of benzene rings is 2. The molecule has 92 valence electrons. The van der Waals surface area contributed by atoms with Gasteiger partial charge in [-0.1, -0.05) is 36.4 Å². The van der Waals surface area contributed by atoms with Crippen molar-refractivity contribution in [3.63, 3.8) is 0 Å². The van der Waals surface area contributed by atoms with Crippen LogP contribution in [0.4, 0.5) is 5.69 Å². The summed E-state index contributed by atoms with van der Waals surface area (Å²) in [4.78, 5) is 4.42. The van der Waals surface area contributed by atoms with E-state index < -0.39 is 0 Å². The third kappa shape index (κ3) is 2.96. The summed E-state index contributed by atoms with van der Waals surface area (Å²) in [5, 5.41) is 9.20. The minimum atomic E-state index is 0.445. The van der Waals surface area contributed by atoms with Crippen molar-refractivity contribution in [2.45, 2.75) is 13.8 Å². The van der Waals surface area contributed by atoms with Gasteiger partial charge >= 0.3 is 0 Å². The number of hydroxylamine groups is 1. The molecule has 0 radical (unpaired) electrons. The van der Waals surface area contributed by atoms with Gasteiger partial charge in [0.2, 0.25) is 0 Å². The predicted molar refractivity (Wildman–Crippen MR) is 73.5 cm³/mol. The lowest BCUT2D eigenvalue weighted by Crippen LogP contribution is -2.19. The first kappa shape index (κ1) is 12.3. The van der Waals surface area contributed by atoms with Crippen molar-refractivity contribution in [1.29, 1.82) is 0 Å². The maximum absolute atomic E-state index is 9.20. The Labute approximate surface area is 107 Å². The van der Waals surface area contributed by atoms with Crippen LogP contribution in [0.5, 0.6) is 0 Å². The summed E-state index contributed by atoms with van der Waals surface area (Å²) in [6.07, 6.45) is 0. The number of hydrogen-bond acceptors (Lipinski definition) is 2. The minimum absolute atomic E-state index is 0.445. The standard InChI is InChI=1S/C15H16N2O/c1-11-8-12(2)10-14(9-11)16-15(17-18)13-6-4-3-5-7-13/h3-10,18H,1-2H3,(H,16,17). The predicted octanol–water partition coefficient (Wildman–Crippen LogP) is 3.36. The number of nitrogens with one attached hydrogen (secondary N) is 1. The second kappa shape index (κ2) is 5.47. The molecular weight excluding hydrogens is 224 g/mol. The Morgan fingerprint density at radius 1 is 1.00 bits per heavy atom. The van der Waals surface area contributed by atoms with Crippen LogP contribution in [0.1, 0.15) is 16.7 Å². The average Bonchev–Trinajstić information content (AvgIpc) is 2.36. The van der Waals surface area contributed by atoms with Crippen LogP contribution in [-0.2, 0) is 0 Å². The maximum atomic E-state index is 9.20. The van der Waals surface area contributed by atoms with Crippen LogP contribution in [0.25, 0.3) is 0 Å². The first-order chi connectivity index (χ1) is 8.69. The van der Waals surface area contributed by atoms with Crippen molar-refractivity contribution in [3.05, 3.63) is 65.2 Å². The van der Waals surface area contributed by atoms with Gasteiger partial charge in [-0.25, -0.2) is 4.99 Å². The van der Waals surface area contributed by atoms with E-state index in [-0.39, 0.29) is 0 Å². The summed E-state index contributed by atoms with van der Waals surface area (Å²) < 4.78 is 0. The quantitative estimate of drug-likeness (QED) is 0.480. The van der Waals surface area contributed by atoms with Crippen LogP contribution in [0.15, 0.2) is 53.5 Å². The van der Waals surface area contributed by atoms with Gasteiger partial charge < -0.3 is 0 Å². The summed E-state index contributed by atoms with van der Waals surface area (Å²) in [5.41, 5.74) is 6.13. The fourth-order valence-corrected chi connectivity index (χ4v) is 1.89. The van der Waals surface area contributed by atoms with Gasteiger partial charge in [-0.3, -0.25) is 10.7 Å². The van der Waals surface area contributed by atoms with E-state index in [1.165, 1.54) is 0 Å². The summed E-state index contributed by atoms with van der Waals surface area (Å²) in [5.74, 6) is 0.445. The lowest BCUT2D eigenvalue weighted by molar-refractivity contribution is 0.235. The molecule has 2 aromatic carbocycles. The first-order valence-corrected chi connectivity index (χ1v) is 5.81. The van der Waals surface area contributed by atoms with Gasteiger partial charge in [0.05, 0.1) is 5.69 Å².